The molecular weight excluding hydrogens is 263 g/mol. The summed E-state index contributed by atoms with van der Waals surface area (Å²) in [5.41, 5.74) is 0.520. The van der Waals surface area contributed by atoms with E-state index in [0.29, 0.717) is 23.3 Å². The van der Waals surface area contributed by atoms with Crippen molar-refractivity contribution in [3.63, 3.8) is 0 Å². The number of halogens is 2. The molecule has 1 rings (SSSR count). The molecule has 0 N–H and O–H groups in total. The van der Waals surface area contributed by atoms with Gasteiger partial charge >= 0.3 is 0 Å². The third kappa shape index (κ3) is 4.07. The van der Waals surface area contributed by atoms with Crippen molar-refractivity contribution < 1.29 is 4.39 Å². The molecule has 19 heavy (non-hydrogen) atoms. The first kappa shape index (κ1) is 16.2. The summed E-state index contributed by atoms with van der Waals surface area (Å²) >= 11 is 5.78. The van der Waals surface area contributed by atoms with Gasteiger partial charge in [-0.2, -0.15) is 0 Å². The predicted molar refractivity (Wildman–Crippen MR) is 80.3 cm³/mol. The van der Waals surface area contributed by atoms with Gasteiger partial charge in [-0.1, -0.05) is 27.7 Å². The summed E-state index contributed by atoms with van der Waals surface area (Å²) in [5, 5.41) is 0. The van der Waals surface area contributed by atoms with Crippen LogP contribution < -0.4 is 4.90 Å². The molecule has 0 saturated heterocycles. The van der Waals surface area contributed by atoms with Crippen molar-refractivity contribution in [1.29, 1.82) is 0 Å². The second-order valence-corrected chi connectivity index (χ2v) is 5.53. The standard InChI is InChI=1S/C15H24ClFN2/c1-5-13(6-2)19(10-11(3)4)15-14(17)12(9-16)7-8-18-15/h7-8,11,13H,5-6,9-10H2,1-4H3. The topological polar surface area (TPSA) is 16.1 Å². The van der Waals surface area contributed by atoms with Crippen molar-refractivity contribution in [2.45, 2.75) is 52.5 Å². The fourth-order valence-electron chi connectivity index (χ4n) is 2.31. The molecule has 0 spiro atoms. The molecule has 0 aromatic carbocycles. The van der Waals surface area contributed by atoms with Gasteiger partial charge in [-0.3, -0.25) is 0 Å². The quantitative estimate of drug-likeness (QED) is 0.681. The Morgan fingerprint density at radius 3 is 2.42 bits per heavy atom. The largest absolute Gasteiger partial charge is 0.351 e. The maximum atomic E-state index is 14.4. The number of pyridine rings is 1. The molecular formula is C15H24ClFN2. The lowest BCUT2D eigenvalue weighted by atomic mass is 10.1. The van der Waals surface area contributed by atoms with Crippen molar-refractivity contribution in [3.05, 3.63) is 23.6 Å². The van der Waals surface area contributed by atoms with Crippen molar-refractivity contribution in [3.8, 4) is 0 Å². The Balaban J connectivity index is 3.16. The van der Waals surface area contributed by atoms with Crippen LogP contribution in [0.2, 0.25) is 0 Å². The molecule has 0 aliphatic rings. The molecule has 0 fully saturated rings. The Morgan fingerprint density at radius 2 is 1.95 bits per heavy atom. The van der Waals surface area contributed by atoms with Crippen LogP contribution in [0.5, 0.6) is 0 Å². The number of nitrogens with zero attached hydrogens (tertiary/aromatic N) is 2. The lowest BCUT2D eigenvalue weighted by molar-refractivity contribution is 0.489. The van der Waals surface area contributed by atoms with E-state index in [4.69, 9.17) is 11.6 Å². The minimum absolute atomic E-state index is 0.180. The van der Waals surface area contributed by atoms with Crippen LogP contribution in [0.3, 0.4) is 0 Å². The van der Waals surface area contributed by atoms with Crippen LogP contribution in [0.4, 0.5) is 10.2 Å². The first-order valence-electron chi connectivity index (χ1n) is 7.01. The van der Waals surface area contributed by atoms with Crippen molar-refractivity contribution in [1.82, 2.24) is 4.98 Å². The van der Waals surface area contributed by atoms with Gasteiger partial charge in [-0.25, -0.2) is 9.37 Å². The first-order chi connectivity index (χ1) is 9.04. The zero-order valence-electron chi connectivity index (χ0n) is 12.3. The lowest BCUT2D eigenvalue weighted by Crippen LogP contribution is -2.38. The summed E-state index contributed by atoms with van der Waals surface area (Å²) < 4.78 is 14.4. The van der Waals surface area contributed by atoms with E-state index >= 15 is 0 Å². The van der Waals surface area contributed by atoms with Crippen LogP contribution in [0.15, 0.2) is 12.3 Å². The Labute approximate surface area is 121 Å². The van der Waals surface area contributed by atoms with E-state index in [1.807, 2.05) is 0 Å². The Bertz CT molecular complexity index is 392. The smallest absolute Gasteiger partial charge is 0.170 e. The van der Waals surface area contributed by atoms with Crippen molar-refractivity contribution in [2.24, 2.45) is 5.92 Å². The van der Waals surface area contributed by atoms with E-state index in [0.717, 1.165) is 19.4 Å². The minimum atomic E-state index is -0.273. The zero-order valence-corrected chi connectivity index (χ0v) is 13.0. The summed E-state index contributed by atoms with van der Waals surface area (Å²) in [7, 11) is 0. The number of hydrogen-bond acceptors (Lipinski definition) is 2. The fraction of sp³-hybridized carbons (Fsp3) is 0.667. The summed E-state index contributed by atoms with van der Waals surface area (Å²) in [6.45, 7) is 9.34. The Morgan fingerprint density at radius 1 is 1.32 bits per heavy atom. The van der Waals surface area contributed by atoms with E-state index in [1.165, 1.54) is 0 Å². The number of anilines is 1. The normalized spacial score (nSPS) is 11.4. The van der Waals surface area contributed by atoms with E-state index < -0.39 is 0 Å². The molecule has 0 bridgehead atoms. The van der Waals surface area contributed by atoms with Gasteiger partial charge in [0.1, 0.15) is 0 Å². The predicted octanol–water partition coefficient (Wildman–Crippen LogP) is 4.61. The highest BCUT2D eigenvalue weighted by molar-refractivity contribution is 6.17. The fourth-order valence-corrected chi connectivity index (χ4v) is 2.51. The highest BCUT2D eigenvalue weighted by Gasteiger charge is 2.22. The highest BCUT2D eigenvalue weighted by atomic mass is 35.5. The van der Waals surface area contributed by atoms with Gasteiger partial charge in [0.25, 0.3) is 0 Å². The van der Waals surface area contributed by atoms with E-state index in [2.05, 4.69) is 37.6 Å². The molecule has 108 valence electrons. The van der Waals surface area contributed by atoms with Crippen LogP contribution in [0, 0.1) is 11.7 Å². The molecule has 1 aromatic rings. The maximum absolute atomic E-state index is 14.4. The highest BCUT2D eigenvalue weighted by Crippen LogP contribution is 2.25. The summed E-state index contributed by atoms with van der Waals surface area (Å²) in [6, 6.07) is 1.96. The van der Waals surface area contributed by atoms with Gasteiger partial charge in [0.05, 0.1) is 5.88 Å². The third-order valence-corrected chi connectivity index (χ3v) is 3.60. The average Bonchev–Trinajstić information content (AvgIpc) is 2.39. The van der Waals surface area contributed by atoms with E-state index in [1.54, 1.807) is 12.3 Å². The molecule has 0 aliphatic heterocycles. The lowest BCUT2D eigenvalue weighted by Gasteiger charge is -2.33. The number of rotatable bonds is 7. The third-order valence-electron chi connectivity index (χ3n) is 3.31. The monoisotopic (exact) mass is 286 g/mol. The number of hydrogen-bond donors (Lipinski definition) is 0. The molecule has 0 radical (unpaired) electrons. The molecule has 1 heterocycles. The van der Waals surface area contributed by atoms with Gasteiger partial charge in [-0.05, 0) is 24.8 Å². The number of aromatic nitrogens is 1. The van der Waals surface area contributed by atoms with Crippen LogP contribution >= 0.6 is 11.6 Å². The zero-order chi connectivity index (χ0) is 14.4. The molecule has 0 unspecified atom stereocenters. The number of alkyl halides is 1. The van der Waals surface area contributed by atoms with Crippen LogP contribution in [-0.2, 0) is 5.88 Å². The summed E-state index contributed by atoms with van der Waals surface area (Å²) in [5.74, 6) is 0.812. The summed E-state index contributed by atoms with van der Waals surface area (Å²) in [4.78, 5) is 6.34. The first-order valence-corrected chi connectivity index (χ1v) is 7.54. The second kappa shape index (κ2) is 7.68. The molecule has 0 aliphatic carbocycles. The molecule has 0 saturated carbocycles. The van der Waals surface area contributed by atoms with Crippen molar-refractivity contribution in [2.75, 3.05) is 11.4 Å². The van der Waals surface area contributed by atoms with Crippen molar-refractivity contribution >= 4 is 17.4 Å². The van der Waals surface area contributed by atoms with Crippen LogP contribution in [-0.4, -0.2) is 17.6 Å². The molecule has 1 aromatic heterocycles. The molecule has 0 atom stereocenters. The van der Waals surface area contributed by atoms with Crippen LogP contribution in [0.1, 0.15) is 46.1 Å². The van der Waals surface area contributed by atoms with Gasteiger partial charge < -0.3 is 4.90 Å². The van der Waals surface area contributed by atoms with Gasteiger partial charge in [0.2, 0.25) is 0 Å². The maximum Gasteiger partial charge on any atom is 0.170 e. The second-order valence-electron chi connectivity index (χ2n) is 5.26. The minimum Gasteiger partial charge on any atom is -0.351 e. The van der Waals surface area contributed by atoms with Gasteiger partial charge in [-0.15, -0.1) is 11.6 Å². The van der Waals surface area contributed by atoms with Gasteiger partial charge in [0, 0.05) is 24.3 Å². The van der Waals surface area contributed by atoms with Crippen LogP contribution in [0.25, 0.3) is 0 Å². The average molecular weight is 287 g/mol. The Kier molecular flexibility index (Phi) is 6.56. The molecule has 0 amide bonds. The Hall–Kier alpha value is -0.830. The summed E-state index contributed by atoms with van der Waals surface area (Å²) in [6.07, 6.45) is 3.61. The van der Waals surface area contributed by atoms with E-state index in [-0.39, 0.29) is 11.7 Å². The van der Waals surface area contributed by atoms with E-state index in [9.17, 15) is 4.39 Å². The van der Waals surface area contributed by atoms with Gasteiger partial charge in [0.15, 0.2) is 11.6 Å². The molecule has 4 heteroatoms. The SMILES string of the molecule is CCC(CC)N(CC(C)C)c1nccc(CCl)c1F. The molecule has 2 nitrogen and oxygen atoms in total.